The van der Waals surface area contributed by atoms with E-state index >= 15 is 0 Å². The van der Waals surface area contributed by atoms with Crippen molar-refractivity contribution >= 4 is 10.1 Å². The van der Waals surface area contributed by atoms with Crippen LogP contribution in [-0.4, -0.2) is 23.9 Å². The molecule has 0 N–H and O–H groups in total. The SMILES string of the molecule is O=S(=O)(Oc1coc(-c2cocn2)n1)C(F)(F)F. The predicted molar refractivity (Wildman–Crippen MR) is 47.6 cm³/mol. The molecule has 0 bridgehead atoms. The Morgan fingerprint density at radius 3 is 2.56 bits per heavy atom. The minimum atomic E-state index is -5.77. The first-order valence-corrected chi connectivity index (χ1v) is 5.55. The van der Waals surface area contributed by atoms with Crippen molar-refractivity contribution in [2.45, 2.75) is 5.51 Å². The molecule has 0 saturated heterocycles. The number of alkyl halides is 3. The van der Waals surface area contributed by atoms with Gasteiger partial charge in [-0.15, -0.1) is 0 Å². The molecule has 0 amide bonds. The number of aromatic nitrogens is 2. The van der Waals surface area contributed by atoms with Crippen LogP contribution in [-0.2, 0) is 10.1 Å². The molecule has 0 atom stereocenters. The van der Waals surface area contributed by atoms with E-state index in [1.54, 1.807) is 0 Å². The molecule has 0 aliphatic carbocycles. The molecular weight excluding hydrogens is 281 g/mol. The van der Waals surface area contributed by atoms with E-state index in [9.17, 15) is 21.6 Å². The maximum absolute atomic E-state index is 12.0. The molecule has 11 heteroatoms. The van der Waals surface area contributed by atoms with Gasteiger partial charge in [0.15, 0.2) is 18.4 Å². The summed E-state index contributed by atoms with van der Waals surface area (Å²) in [5, 5.41) is 0. The van der Waals surface area contributed by atoms with Crippen LogP contribution in [0.3, 0.4) is 0 Å². The fraction of sp³-hybridized carbons (Fsp3) is 0.143. The van der Waals surface area contributed by atoms with E-state index in [-0.39, 0.29) is 11.6 Å². The van der Waals surface area contributed by atoms with E-state index in [0.717, 1.165) is 12.7 Å². The van der Waals surface area contributed by atoms with E-state index < -0.39 is 21.5 Å². The van der Waals surface area contributed by atoms with E-state index in [1.165, 1.54) is 0 Å². The van der Waals surface area contributed by atoms with Crippen molar-refractivity contribution in [2.24, 2.45) is 0 Å². The Bertz CT molecular complexity index is 630. The van der Waals surface area contributed by atoms with Gasteiger partial charge in [0.2, 0.25) is 0 Å². The summed E-state index contributed by atoms with van der Waals surface area (Å²) in [6.45, 7) is 0. The van der Waals surface area contributed by atoms with Crippen LogP contribution in [0, 0.1) is 0 Å². The lowest BCUT2D eigenvalue weighted by molar-refractivity contribution is -0.0501. The standard InChI is InChI=1S/C7H3F3N2O5S/c8-7(9,10)18(13,14)17-5-2-16-6(12-5)4-1-15-3-11-4/h1-3H. The van der Waals surface area contributed by atoms with Gasteiger partial charge >= 0.3 is 15.6 Å². The summed E-state index contributed by atoms with van der Waals surface area (Å²) in [7, 11) is -5.77. The van der Waals surface area contributed by atoms with Crippen LogP contribution in [0.5, 0.6) is 5.88 Å². The first-order chi connectivity index (χ1) is 8.29. The fourth-order valence-corrected chi connectivity index (χ4v) is 1.29. The van der Waals surface area contributed by atoms with E-state index in [2.05, 4.69) is 23.0 Å². The topological polar surface area (TPSA) is 95.4 Å². The average Bonchev–Trinajstić information content (AvgIpc) is 2.83. The van der Waals surface area contributed by atoms with Gasteiger partial charge in [-0.25, -0.2) is 4.98 Å². The Hall–Kier alpha value is -2.04. The lowest BCUT2D eigenvalue weighted by Gasteiger charge is -2.05. The first-order valence-electron chi connectivity index (χ1n) is 4.14. The molecule has 2 aromatic rings. The highest BCUT2D eigenvalue weighted by Crippen LogP contribution is 2.27. The summed E-state index contributed by atoms with van der Waals surface area (Å²) in [5.74, 6) is -1.10. The Labute approximate surface area is 97.3 Å². The summed E-state index contributed by atoms with van der Waals surface area (Å²) >= 11 is 0. The zero-order valence-electron chi connectivity index (χ0n) is 8.21. The van der Waals surface area contributed by atoms with Crippen LogP contribution < -0.4 is 4.18 Å². The number of rotatable bonds is 3. The van der Waals surface area contributed by atoms with Gasteiger partial charge in [-0.3, -0.25) is 0 Å². The molecular formula is C7H3F3N2O5S. The Kier molecular flexibility index (Phi) is 2.77. The maximum atomic E-state index is 12.0. The van der Waals surface area contributed by atoms with Crippen molar-refractivity contribution in [1.82, 2.24) is 9.97 Å². The molecule has 98 valence electrons. The van der Waals surface area contributed by atoms with Gasteiger partial charge in [0, 0.05) is 0 Å². The smallest absolute Gasteiger partial charge is 0.451 e. The first kappa shape index (κ1) is 12.4. The lowest BCUT2D eigenvalue weighted by Crippen LogP contribution is -2.28. The summed E-state index contributed by atoms with van der Waals surface area (Å²) < 4.78 is 70.3. The van der Waals surface area contributed by atoms with Crippen LogP contribution in [0.4, 0.5) is 13.2 Å². The molecule has 0 fully saturated rings. The van der Waals surface area contributed by atoms with Crippen LogP contribution in [0.25, 0.3) is 11.6 Å². The molecule has 0 aliphatic heterocycles. The van der Waals surface area contributed by atoms with Crippen LogP contribution in [0.15, 0.2) is 27.8 Å². The Balaban J connectivity index is 2.23. The summed E-state index contributed by atoms with van der Waals surface area (Å²) in [6.07, 6.45) is 2.74. The van der Waals surface area contributed by atoms with Crippen molar-refractivity contribution in [3.05, 3.63) is 18.9 Å². The van der Waals surface area contributed by atoms with Gasteiger partial charge in [0.1, 0.15) is 6.26 Å². The Morgan fingerprint density at radius 1 is 1.28 bits per heavy atom. The van der Waals surface area contributed by atoms with Crippen molar-refractivity contribution in [3.63, 3.8) is 0 Å². The van der Waals surface area contributed by atoms with Gasteiger partial charge in [-0.1, -0.05) is 0 Å². The number of nitrogens with zero attached hydrogens (tertiary/aromatic N) is 2. The third-order valence-electron chi connectivity index (χ3n) is 1.61. The lowest BCUT2D eigenvalue weighted by atomic mass is 10.5. The molecule has 0 aromatic carbocycles. The quantitative estimate of drug-likeness (QED) is 0.623. The molecule has 18 heavy (non-hydrogen) atoms. The van der Waals surface area contributed by atoms with Gasteiger partial charge in [-0.2, -0.15) is 26.6 Å². The number of halogens is 3. The van der Waals surface area contributed by atoms with Crippen LogP contribution in [0.1, 0.15) is 0 Å². The summed E-state index contributed by atoms with van der Waals surface area (Å²) in [5.41, 5.74) is -5.46. The average molecular weight is 284 g/mol. The second-order valence-corrected chi connectivity index (χ2v) is 4.39. The largest absolute Gasteiger partial charge is 0.534 e. The number of hydrogen-bond donors (Lipinski definition) is 0. The van der Waals surface area contributed by atoms with Crippen LogP contribution in [0.2, 0.25) is 0 Å². The van der Waals surface area contributed by atoms with E-state index in [4.69, 9.17) is 0 Å². The second-order valence-electron chi connectivity index (χ2n) is 2.85. The summed E-state index contributed by atoms with van der Waals surface area (Å²) in [4.78, 5) is 6.96. The minimum absolute atomic E-state index is 0.0780. The van der Waals surface area contributed by atoms with Gasteiger partial charge in [0.05, 0.1) is 0 Å². The van der Waals surface area contributed by atoms with Crippen molar-refractivity contribution in [1.29, 1.82) is 0 Å². The maximum Gasteiger partial charge on any atom is 0.534 e. The van der Waals surface area contributed by atoms with Gasteiger partial charge in [-0.05, 0) is 0 Å². The van der Waals surface area contributed by atoms with Gasteiger partial charge < -0.3 is 13.0 Å². The highest BCUT2D eigenvalue weighted by molar-refractivity contribution is 7.87. The van der Waals surface area contributed by atoms with Gasteiger partial charge in [0.25, 0.3) is 11.8 Å². The number of hydrogen-bond acceptors (Lipinski definition) is 7. The fourth-order valence-electron chi connectivity index (χ4n) is 0.893. The van der Waals surface area contributed by atoms with Crippen molar-refractivity contribution in [2.75, 3.05) is 0 Å². The predicted octanol–water partition coefficient (Wildman–Crippen LogP) is 1.56. The van der Waals surface area contributed by atoms with Crippen molar-refractivity contribution < 1.29 is 34.6 Å². The third-order valence-corrected chi connectivity index (χ3v) is 2.57. The summed E-state index contributed by atoms with van der Waals surface area (Å²) in [6, 6.07) is 0. The molecule has 0 unspecified atom stereocenters. The molecule has 0 aliphatic rings. The molecule has 2 rings (SSSR count). The molecule has 0 radical (unpaired) electrons. The zero-order chi connectivity index (χ0) is 13.4. The zero-order valence-corrected chi connectivity index (χ0v) is 9.03. The highest BCUT2D eigenvalue weighted by atomic mass is 32.2. The highest BCUT2D eigenvalue weighted by Gasteiger charge is 2.49. The molecule has 0 saturated carbocycles. The minimum Gasteiger partial charge on any atom is -0.451 e. The molecule has 7 nitrogen and oxygen atoms in total. The van der Waals surface area contributed by atoms with Crippen LogP contribution >= 0.6 is 0 Å². The second kappa shape index (κ2) is 4.01. The number of oxazole rings is 2. The molecule has 2 heterocycles. The Morgan fingerprint density at radius 2 is 2.00 bits per heavy atom. The van der Waals surface area contributed by atoms with E-state index in [1.807, 2.05) is 0 Å². The third kappa shape index (κ3) is 2.30. The normalized spacial score (nSPS) is 12.6. The molecule has 2 aromatic heterocycles. The van der Waals surface area contributed by atoms with Crippen molar-refractivity contribution in [3.8, 4) is 17.5 Å². The van der Waals surface area contributed by atoms with E-state index in [0.29, 0.717) is 6.26 Å². The monoisotopic (exact) mass is 284 g/mol. The molecule has 0 spiro atoms.